The molecule has 6 nitrogen and oxygen atoms in total. The third kappa shape index (κ3) is 5.73. The summed E-state index contributed by atoms with van der Waals surface area (Å²) in [6.45, 7) is 1.47. The lowest BCUT2D eigenvalue weighted by molar-refractivity contribution is 0.0690. The molecule has 1 N–H and O–H groups in total. The van der Waals surface area contributed by atoms with E-state index >= 15 is 0 Å². The van der Waals surface area contributed by atoms with Gasteiger partial charge >= 0.3 is 0 Å². The van der Waals surface area contributed by atoms with Crippen molar-refractivity contribution in [1.29, 1.82) is 0 Å². The van der Waals surface area contributed by atoms with Crippen LogP contribution in [0, 0.1) is 5.92 Å². The third-order valence-electron chi connectivity index (χ3n) is 6.00. The lowest BCUT2D eigenvalue weighted by Crippen LogP contribution is -2.38. The van der Waals surface area contributed by atoms with E-state index in [-0.39, 0.29) is 10.8 Å². The van der Waals surface area contributed by atoms with Gasteiger partial charge in [-0.3, -0.25) is 9.52 Å². The van der Waals surface area contributed by atoms with Gasteiger partial charge in [-0.1, -0.05) is 36.4 Å². The smallest absolute Gasteiger partial charge is 0.262 e. The third-order valence-corrected chi connectivity index (χ3v) is 7.38. The van der Waals surface area contributed by atoms with E-state index < -0.39 is 10.0 Å². The summed E-state index contributed by atoms with van der Waals surface area (Å²) in [5, 5.41) is 0. The minimum atomic E-state index is -3.76. The lowest BCUT2D eigenvalue weighted by Gasteiger charge is -2.32. The molecule has 172 valence electrons. The maximum atomic E-state index is 12.9. The number of piperidine rings is 1. The monoisotopic (exact) mass is 464 g/mol. The molecule has 0 atom stereocenters. The number of amides is 1. The number of rotatable bonds is 7. The zero-order valence-electron chi connectivity index (χ0n) is 18.6. The van der Waals surface area contributed by atoms with E-state index in [4.69, 9.17) is 4.74 Å². The van der Waals surface area contributed by atoms with Crippen molar-refractivity contribution in [3.8, 4) is 5.75 Å². The fourth-order valence-electron chi connectivity index (χ4n) is 4.13. The fourth-order valence-corrected chi connectivity index (χ4v) is 5.23. The maximum absolute atomic E-state index is 12.9. The van der Waals surface area contributed by atoms with Gasteiger partial charge in [-0.2, -0.15) is 0 Å². The average molecular weight is 465 g/mol. The molecule has 33 heavy (non-hydrogen) atoms. The highest BCUT2D eigenvalue weighted by Gasteiger charge is 2.24. The second-order valence-electron chi connectivity index (χ2n) is 8.29. The molecule has 0 bridgehead atoms. The van der Waals surface area contributed by atoms with Gasteiger partial charge in [0.2, 0.25) is 0 Å². The van der Waals surface area contributed by atoms with E-state index in [1.54, 1.807) is 36.4 Å². The number of anilines is 1. The second-order valence-corrected chi connectivity index (χ2v) is 9.97. The number of nitrogens with one attached hydrogen (secondary N) is 1. The number of sulfonamides is 1. The largest absolute Gasteiger partial charge is 0.497 e. The molecule has 1 fully saturated rings. The molecule has 1 saturated heterocycles. The number of carbonyl (C=O) groups excluding carboxylic acids is 1. The summed E-state index contributed by atoms with van der Waals surface area (Å²) in [4.78, 5) is 14.9. The van der Waals surface area contributed by atoms with Crippen molar-refractivity contribution in [2.24, 2.45) is 5.92 Å². The lowest BCUT2D eigenvalue weighted by atomic mass is 9.90. The first-order chi connectivity index (χ1) is 15.9. The van der Waals surface area contributed by atoms with Gasteiger partial charge in [-0.15, -0.1) is 0 Å². The van der Waals surface area contributed by atoms with Crippen molar-refractivity contribution >= 4 is 21.6 Å². The van der Waals surface area contributed by atoms with Crippen molar-refractivity contribution in [2.75, 3.05) is 24.9 Å². The highest BCUT2D eigenvalue weighted by atomic mass is 32.2. The van der Waals surface area contributed by atoms with Crippen molar-refractivity contribution in [3.63, 3.8) is 0 Å². The van der Waals surface area contributed by atoms with Gasteiger partial charge in [0.25, 0.3) is 15.9 Å². The Morgan fingerprint density at radius 2 is 1.67 bits per heavy atom. The van der Waals surface area contributed by atoms with Crippen LogP contribution < -0.4 is 9.46 Å². The summed E-state index contributed by atoms with van der Waals surface area (Å²) in [6, 6.07) is 23.3. The number of hydrogen-bond acceptors (Lipinski definition) is 4. The summed E-state index contributed by atoms with van der Waals surface area (Å²) in [5.41, 5.74) is 2.30. The maximum Gasteiger partial charge on any atom is 0.262 e. The predicted octanol–water partition coefficient (Wildman–Crippen LogP) is 4.59. The van der Waals surface area contributed by atoms with Gasteiger partial charge in [0.1, 0.15) is 5.75 Å². The summed E-state index contributed by atoms with van der Waals surface area (Å²) in [6.07, 6.45) is 3.02. The number of benzene rings is 3. The fraction of sp³-hybridized carbons (Fsp3) is 0.269. The molecule has 3 aromatic rings. The van der Waals surface area contributed by atoms with E-state index in [0.717, 1.165) is 32.4 Å². The van der Waals surface area contributed by atoms with Crippen LogP contribution >= 0.6 is 0 Å². The van der Waals surface area contributed by atoms with Gasteiger partial charge in [0.15, 0.2) is 0 Å². The Bertz CT molecular complexity index is 1190. The highest BCUT2D eigenvalue weighted by Crippen LogP contribution is 2.24. The SMILES string of the molecule is COc1cccc(S(=O)(=O)Nc2ccc(C(=O)N3CCC(Cc4ccccc4)CC3)cc2)c1. The molecular weight excluding hydrogens is 436 g/mol. The van der Waals surface area contributed by atoms with Crippen LogP contribution in [0.1, 0.15) is 28.8 Å². The van der Waals surface area contributed by atoms with Crippen LogP contribution in [0.2, 0.25) is 0 Å². The summed E-state index contributed by atoms with van der Waals surface area (Å²) in [5.74, 6) is 1.03. The molecule has 0 unspecified atom stereocenters. The Hall–Kier alpha value is -3.32. The van der Waals surface area contributed by atoms with Crippen LogP contribution in [-0.4, -0.2) is 39.4 Å². The van der Waals surface area contributed by atoms with Gasteiger partial charge < -0.3 is 9.64 Å². The molecule has 0 aromatic heterocycles. The van der Waals surface area contributed by atoms with E-state index in [1.807, 2.05) is 11.0 Å². The minimum absolute atomic E-state index is 0.0182. The zero-order chi connectivity index (χ0) is 23.3. The molecule has 0 saturated carbocycles. The van der Waals surface area contributed by atoms with Crippen LogP contribution in [0.3, 0.4) is 0 Å². The number of methoxy groups -OCH3 is 1. The van der Waals surface area contributed by atoms with Gasteiger partial charge in [-0.05, 0) is 67.1 Å². The highest BCUT2D eigenvalue weighted by molar-refractivity contribution is 7.92. The summed E-state index contributed by atoms with van der Waals surface area (Å²) < 4.78 is 33.0. The standard InChI is InChI=1S/C26H28N2O4S/c1-32-24-8-5-9-25(19-24)33(30,31)27-23-12-10-22(11-13-23)26(29)28-16-14-21(15-17-28)18-20-6-3-2-4-7-20/h2-13,19,21,27H,14-18H2,1H3. The molecule has 1 amide bonds. The predicted molar refractivity (Wildman–Crippen MR) is 129 cm³/mol. The van der Waals surface area contributed by atoms with Crippen LogP contribution in [-0.2, 0) is 16.4 Å². The Balaban J connectivity index is 1.34. The summed E-state index contributed by atoms with van der Waals surface area (Å²) in [7, 11) is -2.27. The van der Waals surface area contributed by atoms with Gasteiger partial charge in [0.05, 0.1) is 12.0 Å². The number of carbonyl (C=O) groups is 1. The Kier molecular flexibility index (Phi) is 6.99. The van der Waals surface area contributed by atoms with E-state index in [1.165, 1.54) is 24.8 Å². The topological polar surface area (TPSA) is 75.7 Å². The molecule has 0 radical (unpaired) electrons. The van der Waals surface area contributed by atoms with Gasteiger partial charge in [0, 0.05) is 30.4 Å². The first kappa shape index (κ1) is 22.9. The number of hydrogen-bond donors (Lipinski definition) is 1. The van der Waals surface area contributed by atoms with Crippen LogP contribution in [0.15, 0.2) is 83.8 Å². The minimum Gasteiger partial charge on any atom is -0.497 e. The molecular formula is C26H28N2O4S. The summed E-state index contributed by atoms with van der Waals surface area (Å²) >= 11 is 0. The van der Waals surface area contributed by atoms with E-state index in [0.29, 0.717) is 22.9 Å². The second kappa shape index (κ2) is 10.1. The van der Waals surface area contributed by atoms with Crippen LogP contribution in [0.4, 0.5) is 5.69 Å². The molecule has 7 heteroatoms. The first-order valence-corrected chi connectivity index (χ1v) is 12.5. The molecule has 1 heterocycles. The molecule has 1 aliphatic heterocycles. The van der Waals surface area contributed by atoms with Crippen molar-refractivity contribution in [1.82, 2.24) is 4.90 Å². The molecule has 0 spiro atoms. The molecule has 1 aliphatic rings. The molecule has 0 aliphatic carbocycles. The molecule has 4 rings (SSSR count). The Labute approximate surface area is 195 Å². The van der Waals surface area contributed by atoms with Crippen LogP contribution in [0.25, 0.3) is 0 Å². The van der Waals surface area contributed by atoms with Crippen LogP contribution in [0.5, 0.6) is 5.75 Å². The van der Waals surface area contributed by atoms with E-state index in [2.05, 4.69) is 29.0 Å². The first-order valence-electron chi connectivity index (χ1n) is 11.0. The average Bonchev–Trinajstić information content (AvgIpc) is 2.85. The number of ether oxygens (including phenoxy) is 1. The Morgan fingerprint density at radius 1 is 0.970 bits per heavy atom. The zero-order valence-corrected chi connectivity index (χ0v) is 19.4. The number of likely N-dealkylation sites (tertiary alicyclic amines) is 1. The van der Waals surface area contributed by atoms with E-state index in [9.17, 15) is 13.2 Å². The normalized spacial score (nSPS) is 14.6. The molecule has 3 aromatic carbocycles. The Morgan fingerprint density at radius 3 is 2.33 bits per heavy atom. The van der Waals surface area contributed by atoms with Crippen molar-refractivity contribution in [2.45, 2.75) is 24.2 Å². The quantitative estimate of drug-likeness (QED) is 0.555. The van der Waals surface area contributed by atoms with Crippen molar-refractivity contribution in [3.05, 3.63) is 90.0 Å². The van der Waals surface area contributed by atoms with Gasteiger partial charge in [-0.25, -0.2) is 8.42 Å². The van der Waals surface area contributed by atoms with Crippen molar-refractivity contribution < 1.29 is 17.9 Å². The number of nitrogens with zero attached hydrogens (tertiary/aromatic N) is 1.